The molecule has 1 rings (SSSR count). The Morgan fingerprint density at radius 1 is 1.33 bits per heavy atom. The Morgan fingerprint density at radius 2 is 1.87 bits per heavy atom. The van der Waals surface area contributed by atoms with E-state index in [1.165, 1.54) is 0 Å². The summed E-state index contributed by atoms with van der Waals surface area (Å²) in [5.74, 6) is 0. The van der Waals surface area contributed by atoms with Gasteiger partial charge in [0.15, 0.2) is 0 Å². The first-order valence-corrected chi connectivity index (χ1v) is 5.40. The Morgan fingerprint density at radius 3 is 2.27 bits per heavy atom. The van der Waals surface area contributed by atoms with Crippen molar-refractivity contribution in [2.24, 2.45) is 0 Å². The summed E-state index contributed by atoms with van der Waals surface area (Å²) in [6.07, 6.45) is 0. The van der Waals surface area contributed by atoms with Crippen LogP contribution in [0, 0.1) is 0 Å². The van der Waals surface area contributed by atoms with Crippen LogP contribution in [0.25, 0.3) is 0 Å². The predicted octanol–water partition coefficient (Wildman–Crippen LogP) is 3.06. The van der Waals surface area contributed by atoms with Gasteiger partial charge in [0.25, 0.3) is 0 Å². The number of hydrogen-bond acceptors (Lipinski definition) is 2. The lowest BCUT2D eigenvalue weighted by molar-refractivity contribution is -0.115. The minimum atomic E-state index is -0.669. The SMILES string of the molecule is CCN(c1ccccc1)C(C)(C)C(=O)Cl. The molecule has 0 bridgehead atoms. The summed E-state index contributed by atoms with van der Waals surface area (Å²) in [5.41, 5.74) is 0.344. The lowest BCUT2D eigenvalue weighted by Gasteiger charge is -2.36. The van der Waals surface area contributed by atoms with Gasteiger partial charge in [0, 0.05) is 12.2 Å². The van der Waals surface area contributed by atoms with Crippen molar-refractivity contribution in [1.29, 1.82) is 0 Å². The fraction of sp³-hybridized carbons (Fsp3) is 0.417. The number of halogens is 1. The average Bonchev–Trinajstić information content (AvgIpc) is 2.19. The number of carbonyl (C=O) groups excluding carboxylic acids is 1. The van der Waals surface area contributed by atoms with Crippen LogP contribution in [0.4, 0.5) is 5.69 Å². The average molecular weight is 226 g/mol. The minimum Gasteiger partial charge on any atom is -0.358 e. The maximum atomic E-state index is 11.4. The monoisotopic (exact) mass is 225 g/mol. The maximum Gasteiger partial charge on any atom is 0.246 e. The fourth-order valence-corrected chi connectivity index (χ4v) is 1.72. The number of nitrogens with zero attached hydrogens (tertiary/aromatic N) is 1. The molecule has 0 saturated carbocycles. The van der Waals surface area contributed by atoms with E-state index in [2.05, 4.69) is 0 Å². The Bertz CT molecular complexity index is 335. The smallest absolute Gasteiger partial charge is 0.246 e. The van der Waals surface area contributed by atoms with Crippen molar-refractivity contribution >= 4 is 22.5 Å². The van der Waals surface area contributed by atoms with Crippen LogP contribution in [0.1, 0.15) is 20.8 Å². The molecule has 0 aromatic heterocycles. The van der Waals surface area contributed by atoms with E-state index >= 15 is 0 Å². The summed E-state index contributed by atoms with van der Waals surface area (Å²) in [5, 5.41) is -0.340. The number of likely N-dealkylation sites (N-methyl/N-ethyl adjacent to an activating group) is 1. The molecular formula is C12H16ClNO. The number of anilines is 1. The van der Waals surface area contributed by atoms with E-state index in [1.807, 2.05) is 56.0 Å². The molecular weight excluding hydrogens is 210 g/mol. The number of hydrogen-bond donors (Lipinski definition) is 0. The summed E-state index contributed by atoms with van der Waals surface area (Å²) < 4.78 is 0. The lowest BCUT2D eigenvalue weighted by atomic mass is 10.0. The molecule has 1 aromatic rings. The van der Waals surface area contributed by atoms with Crippen LogP contribution < -0.4 is 4.90 Å². The fourth-order valence-electron chi connectivity index (χ4n) is 1.61. The molecule has 2 nitrogen and oxygen atoms in total. The highest BCUT2D eigenvalue weighted by molar-refractivity contribution is 6.65. The van der Waals surface area contributed by atoms with Crippen LogP contribution in [-0.2, 0) is 4.79 Å². The number of para-hydroxylation sites is 1. The quantitative estimate of drug-likeness (QED) is 0.735. The molecule has 0 heterocycles. The van der Waals surface area contributed by atoms with Crippen molar-refractivity contribution in [2.45, 2.75) is 26.3 Å². The van der Waals surface area contributed by atoms with Gasteiger partial charge in [-0.15, -0.1) is 0 Å². The molecule has 1 aromatic carbocycles. The third-order valence-electron chi connectivity index (χ3n) is 2.54. The largest absolute Gasteiger partial charge is 0.358 e. The van der Waals surface area contributed by atoms with Crippen molar-refractivity contribution in [3.05, 3.63) is 30.3 Å². The van der Waals surface area contributed by atoms with Crippen molar-refractivity contribution in [1.82, 2.24) is 0 Å². The van der Waals surface area contributed by atoms with Crippen LogP contribution in [-0.4, -0.2) is 17.3 Å². The first-order chi connectivity index (χ1) is 7.00. The summed E-state index contributed by atoms with van der Waals surface area (Å²) in [4.78, 5) is 13.4. The van der Waals surface area contributed by atoms with Gasteiger partial charge in [0.1, 0.15) is 5.54 Å². The topological polar surface area (TPSA) is 20.3 Å². The second-order valence-electron chi connectivity index (χ2n) is 3.91. The molecule has 15 heavy (non-hydrogen) atoms. The van der Waals surface area contributed by atoms with Gasteiger partial charge in [-0.1, -0.05) is 18.2 Å². The molecule has 0 fully saturated rings. The summed E-state index contributed by atoms with van der Waals surface area (Å²) >= 11 is 5.61. The third kappa shape index (κ3) is 2.51. The van der Waals surface area contributed by atoms with E-state index in [0.29, 0.717) is 0 Å². The highest BCUT2D eigenvalue weighted by atomic mass is 35.5. The van der Waals surface area contributed by atoms with Crippen molar-refractivity contribution < 1.29 is 4.79 Å². The summed E-state index contributed by atoms with van der Waals surface area (Å²) in [6.45, 7) is 6.42. The van der Waals surface area contributed by atoms with Crippen LogP contribution in [0.2, 0.25) is 0 Å². The molecule has 0 unspecified atom stereocenters. The molecule has 0 N–H and O–H groups in total. The standard InChI is InChI=1S/C12H16ClNO/c1-4-14(12(2,3)11(13)15)10-8-6-5-7-9-10/h5-9H,4H2,1-3H3. The van der Waals surface area contributed by atoms with E-state index in [9.17, 15) is 4.79 Å². The number of benzene rings is 1. The molecule has 0 aliphatic rings. The van der Waals surface area contributed by atoms with E-state index in [-0.39, 0.29) is 5.24 Å². The molecule has 0 aliphatic carbocycles. The predicted molar refractivity (Wildman–Crippen MR) is 64.4 cm³/mol. The minimum absolute atomic E-state index is 0.340. The van der Waals surface area contributed by atoms with Gasteiger partial charge in [0.2, 0.25) is 5.24 Å². The normalized spacial score (nSPS) is 11.2. The van der Waals surface area contributed by atoms with E-state index in [4.69, 9.17) is 11.6 Å². The lowest BCUT2D eigenvalue weighted by Crippen LogP contribution is -2.48. The highest BCUT2D eigenvalue weighted by Gasteiger charge is 2.32. The Balaban J connectivity index is 3.05. The van der Waals surface area contributed by atoms with Crippen LogP contribution in [0.15, 0.2) is 30.3 Å². The van der Waals surface area contributed by atoms with E-state index in [0.717, 1.165) is 12.2 Å². The van der Waals surface area contributed by atoms with Crippen LogP contribution in [0.5, 0.6) is 0 Å². The van der Waals surface area contributed by atoms with Gasteiger partial charge in [-0.2, -0.15) is 0 Å². The molecule has 82 valence electrons. The summed E-state index contributed by atoms with van der Waals surface area (Å²) in [7, 11) is 0. The molecule has 0 atom stereocenters. The van der Waals surface area contributed by atoms with Crippen molar-refractivity contribution in [2.75, 3.05) is 11.4 Å². The maximum absolute atomic E-state index is 11.4. The zero-order valence-corrected chi connectivity index (χ0v) is 10.1. The number of rotatable bonds is 4. The van der Waals surface area contributed by atoms with Gasteiger partial charge < -0.3 is 4.90 Å². The first kappa shape index (κ1) is 12.1. The van der Waals surface area contributed by atoms with Crippen molar-refractivity contribution in [3.63, 3.8) is 0 Å². The Labute approximate surface area is 95.8 Å². The highest BCUT2D eigenvalue weighted by Crippen LogP contribution is 2.25. The molecule has 3 heteroatoms. The van der Waals surface area contributed by atoms with Crippen LogP contribution in [0.3, 0.4) is 0 Å². The van der Waals surface area contributed by atoms with Gasteiger partial charge in [-0.05, 0) is 44.5 Å². The molecule has 0 radical (unpaired) electrons. The summed E-state index contributed by atoms with van der Waals surface area (Å²) in [6, 6.07) is 9.81. The van der Waals surface area contributed by atoms with Gasteiger partial charge in [-0.25, -0.2) is 0 Å². The van der Waals surface area contributed by atoms with E-state index in [1.54, 1.807) is 0 Å². The molecule has 0 aliphatic heterocycles. The number of carbonyl (C=O) groups is 1. The Hall–Kier alpha value is -1.02. The van der Waals surface area contributed by atoms with Gasteiger partial charge in [-0.3, -0.25) is 4.79 Å². The van der Waals surface area contributed by atoms with Gasteiger partial charge >= 0.3 is 0 Å². The molecule has 0 saturated heterocycles. The second kappa shape index (κ2) is 4.67. The first-order valence-electron chi connectivity index (χ1n) is 5.02. The third-order valence-corrected chi connectivity index (χ3v) is 3.00. The van der Waals surface area contributed by atoms with Gasteiger partial charge in [0.05, 0.1) is 0 Å². The molecule has 0 amide bonds. The Kier molecular flexibility index (Phi) is 3.75. The van der Waals surface area contributed by atoms with Crippen molar-refractivity contribution in [3.8, 4) is 0 Å². The zero-order valence-electron chi connectivity index (χ0n) is 9.33. The zero-order chi connectivity index (χ0) is 11.5. The second-order valence-corrected chi connectivity index (χ2v) is 4.26. The van der Waals surface area contributed by atoms with Crippen LogP contribution >= 0.6 is 11.6 Å². The molecule has 0 spiro atoms. The van der Waals surface area contributed by atoms with E-state index < -0.39 is 5.54 Å².